The third-order valence-corrected chi connectivity index (χ3v) is 7.93. The van der Waals surface area contributed by atoms with Crippen LogP contribution in [0, 0.1) is 12.3 Å². The van der Waals surface area contributed by atoms with Crippen molar-refractivity contribution in [2.45, 2.75) is 31.7 Å². The minimum atomic E-state index is -0.715. The molecule has 11 heteroatoms. The van der Waals surface area contributed by atoms with Crippen LogP contribution in [-0.2, 0) is 22.7 Å². The summed E-state index contributed by atoms with van der Waals surface area (Å²) in [6.45, 7) is 0.682. The Morgan fingerprint density at radius 3 is 2.58 bits per heavy atom. The summed E-state index contributed by atoms with van der Waals surface area (Å²) in [6, 6.07) is 13.7. The molecule has 2 aromatic rings. The molecule has 0 aliphatic carbocycles. The van der Waals surface area contributed by atoms with E-state index in [-0.39, 0.29) is 44.0 Å². The quantitative estimate of drug-likeness (QED) is 0.487. The molecule has 38 heavy (non-hydrogen) atoms. The lowest BCUT2D eigenvalue weighted by atomic mass is 10.0. The Bertz CT molecular complexity index is 1220. The van der Waals surface area contributed by atoms with Crippen molar-refractivity contribution in [3.63, 3.8) is 0 Å². The van der Waals surface area contributed by atoms with E-state index >= 15 is 0 Å². The number of benzene rings is 2. The Morgan fingerprint density at radius 2 is 1.89 bits per heavy atom. The normalized spacial score (nSPS) is 19.8. The van der Waals surface area contributed by atoms with E-state index in [0.717, 1.165) is 11.1 Å². The van der Waals surface area contributed by atoms with Gasteiger partial charge in [-0.15, -0.1) is 6.42 Å². The summed E-state index contributed by atoms with van der Waals surface area (Å²) in [4.78, 5) is 43.9. The molecule has 2 saturated heterocycles. The predicted molar refractivity (Wildman–Crippen MR) is 150 cm³/mol. The number of terminal acetylenes is 1. The van der Waals surface area contributed by atoms with Gasteiger partial charge in [0.2, 0.25) is 11.8 Å². The van der Waals surface area contributed by atoms with Gasteiger partial charge in [0.15, 0.2) is 0 Å². The van der Waals surface area contributed by atoms with Gasteiger partial charge in [-0.2, -0.15) is 16.8 Å². The van der Waals surface area contributed by atoms with Crippen molar-refractivity contribution in [1.82, 2.24) is 25.1 Å². The van der Waals surface area contributed by atoms with E-state index in [9.17, 15) is 14.4 Å². The monoisotopic (exact) mass is 573 g/mol. The molecule has 1 N–H and O–H groups in total. The smallest absolute Gasteiger partial charge is 0.333 e. The second-order valence-corrected chi connectivity index (χ2v) is 10.9. The number of piperazine rings is 1. The summed E-state index contributed by atoms with van der Waals surface area (Å²) in [5.41, 5.74) is 1.74. The van der Waals surface area contributed by atoms with Crippen molar-refractivity contribution in [2.24, 2.45) is 0 Å². The van der Waals surface area contributed by atoms with Crippen molar-refractivity contribution in [3.05, 3.63) is 69.7 Å². The Kier molecular flexibility index (Phi) is 9.44. The highest BCUT2D eigenvalue weighted by atomic mass is 35.5. The molecule has 8 nitrogen and oxygen atoms in total. The van der Waals surface area contributed by atoms with Gasteiger partial charge in [0.1, 0.15) is 12.2 Å². The largest absolute Gasteiger partial charge is 0.334 e. The molecule has 2 heterocycles. The van der Waals surface area contributed by atoms with Crippen LogP contribution in [0.2, 0.25) is 10.0 Å². The van der Waals surface area contributed by atoms with Crippen molar-refractivity contribution in [2.75, 3.05) is 31.6 Å². The minimum absolute atomic E-state index is 0.0745. The lowest BCUT2D eigenvalue weighted by Gasteiger charge is -2.55. The SMILES string of the molecule is C#CCN1CC(=O)N2[C@@H](CCSC)C(=O)N(Cc3ccc(Cl)c(Cl)c3)C[C@@H]2N1C(=O)NCc1ccccc1. The molecule has 2 atom stereocenters. The summed E-state index contributed by atoms with van der Waals surface area (Å²) in [7, 11) is 0. The van der Waals surface area contributed by atoms with Gasteiger partial charge >= 0.3 is 6.03 Å². The number of thioether (sulfide) groups is 1. The van der Waals surface area contributed by atoms with Crippen molar-refractivity contribution in [3.8, 4) is 12.3 Å². The zero-order valence-corrected chi connectivity index (χ0v) is 23.3. The summed E-state index contributed by atoms with van der Waals surface area (Å²) < 4.78 is 0. The van der Waals surface area contributed by atoms with E-state index in [0.29, 0.717) is 28.8 Å². The maximum absolute atomic E-state index is 13.7. The minimum Gasteiger partial charge on any atom is -0.333 e. The number of halogens is 2. The molecule has 2 fully saturated rings. The first kappa shape index (κ1) is 28.1. The summed E-state index contributed by atoms with van der Waals surface area (Å²) in [6.07, 6.45) is 7.31. The lowest BCUT2D eigenvalue weighted by molar-refractivity contribution is -0.189. The van der Waals surface area contributed by atoms with E-state index < -0.39 is 12.2 Å². The standard InChI is InChI=1S/C27H29Cl2N5O3S/c1-3-12-32-18-25(35)33-23(11-13-38-2)26(36)31(16-20-9-10-21(28)22(29)14-20)17-24(33)34(32)27(37)30-15-19-7-5-4-6-8-19/h1,4-10,14,23-24H,11-13,15-18H2,2H3,(H,30,37)/t23-,24-/m0/s1. The second kappa shape index (κ2) is 12.8. The second-order valence-electron chi connectivity index (χ2n) is 9.06. The third-order valence-electron chi connectivity index (χ3n) is 6.55. The van der Waals surface area contributed by atoms with Crippen LogP contribution in [0.5, 0.6) is 0 Å². The zero-order chi connectivity index (χ0) is 27.2. The number of amides is 4. The lowest BCUT2D eigenvalue weighted by Crippen LogP contribution is -2.76. The highest BCUT2D eigenvalue weighted by Crippen LogP contribution is 2.30. The van der Waals surface area contributed by atoms with Crippen LogP contribution in [0.15, 0.2) is 48.5 Å². The molecule has 0 bridgehead atoms. The highest BCUT2D eigenvalue weighted by molar-refractivity contribution is 7.98. The molecule has 2 aliphatic rings. The first-order chi connectivity index (χ1) is 18.3. The number of hydrogen-bond donors (Lipinski definition) is 1. The van der Waals surface area contributed by atoms with Gasteiger partial charge in [-0.25, -0.2) is 9.80 Å². The van der Waals surface area contributed by atoms with Gasteiger partial charge in [-0.3, -0.25) is 9.59 Å². The number of urea groups is 1. The van der Waals surface area contributed by atoms with Crippen molar-refractivity contribution in [1.29, 1.82) is 0 Å². The van der Waals surface area contributed by atoms with Crippen LogP contribution in [0.4, 0.5) is 4.79 Å². The maximum atomic E-state index is 13.7. The van der Waals surface area contributed by atoms with Gasteiger partial charge in [0, 0.05) is 13.1 Å². The number of carbonyl (C=O) groups excluding carboxylic acids is 3. The molecule has 0 radical (unpaired) electrons. The molecule has 0 unspecified atom stereocenters. The Morgan fingerprint density at radius 1 is 1.13 bits per heavy atom. The first-order valence-electron chi connectivity index (χ1n) is 12.2. The molecule has 0 saturated carbocycles. The number of carbonyl (C=O) groups is 3. The molecule has 200 valence electrons. The van der Waals surface area contributed by atoms with E-state index in [1.165, 1.54) is 5.01 Å². The number of hydrogen-bond acceptors (Lipinski definition) is 5. The molecule has 4 amide bonds. The van der Waals surface area contributed by atoms with Crippen LogP contribution in [0.25, 0.3) is 0 Å². The molecule has 2 aliphatic heterocycles. The van der Waals surface area contributed by atoms with Crippen LogP contribution in [0.1, 0.15) is 17.5 Å². The first-order valence-corrected chi connectivity index (χ1v) is 14.3. The fraction of sp³-hybridized carbons (Fsp3) is 0.370. The molecule has 0 aromatic heterocycles. The number of nitrogens with zero attached hydrogens (tertiary/aromatic N) is 4. The molecular formula is C27H29Cl2N5O3S. The van der Waals surface area contributed by atoms with Crippen LogP contribution >= 0.6 is 35.0 Å². The number of nitrogens with one attached hydrogen (secondary N) is 1. The van der Waals surface area contributed by atoms with E-state index in [1.54, 1.807) is 38.7 Å². The van der Waals surface area contributed by atoms with Gasteiger partial charge in [0.05, 0.1) is 29.7 Å². The Labute approximate surface area is 237 Å². The van der Waals surface area contributed by atoms with Crippen LogP contribution in [0.3, 0.4) is 0 Å². The average Bonchev–Trinajstić information content (AvgIpc) is 2.90. The summed E-state index contributed by atoms with van der Waals surface area (Å²) in [5.74, 6) is 2.84. The van der Waals surface area contributed by atoms with Gasteiger partial charge in [-0.05, 0) is 41.7 Å². The van der Waals surface area contributed by atoms with Crippen LogP contribution in [-0.4, -0.2) is 81.5 Å². The highest BCUT2D eigenvalue weighted by Gasteiger charge is 2.51. The molecule has 4 rings (SSSR count). The van der Waals surface area contributed by atoms with Crippen LogP contribution < -0.4 is 5.32 Å². The maximum Gasteiger partial charge on any atom is 0.334 e. The van der Waals surface area contributed by atoms with Gasteiger partial charge in [-0.1, -0.05) is 65.5 Å². The average molecular weight is 575 g/mol. The summed E-state index contributed by atoms with van der Waals surface area (Å²) >= 11 is 13.9. The number of fused-ring (bicyclic) bond motifs is 1. The number of rotatable bonds is 8. The molecular weight excluding hydrogens is 545 g/mol. The van der Waals surface area contributed by atoms with Gasteiger partial charge in [0.25, 0.3) is 0 Å². The zero-order valence-electron chi connectivity index (χ0n) is 21.0. The van der Waals surface area contributed by atoms with Gasteiger partial charge < -0.3 is 15.1 Å². The molecule has 2 aromatic carbocycles. The number of hydrazine groups is 1. The third kappa shape index (κ3) is 6.21. The predicted octanol–water partition coefficient (Wildman–Crippen LogP) is 3.69. The molecule has 0 spiro atoms. The van der Waals surface area contributed by atoms with E-state index in [2.05, 4.69) is 11.2 Å². The van der Waals surface area contributed by atoms with Crippen molar-refractivity contribution < 1.29 is 14.4 Å². The Hall–Kier alpha value is -2.90. The fourth-order valence-corrected chi connectivity index (χ4v) is 5.58. The van der Waals surface area contributed by atoms with E-state index in [4.69, 9.17) is 29.6 Å². The topological polar surface area (TPSA) is 76.2 Å². The Balaban J connectivity index is 1.65. The fourth-order valence-electron chi connectivity index (χ4n) is 4.80. The van der Waals surface area contributed by atoms with E-state index in [1.807, 2.05) is 42.7 Å². The van der Waals surface area contributed by atoms with Crippen molar-refractivity contribution >= 4 is 52.8 Å². The summed E-state index contributed by atoms with van der Waals surface area (Å²) in [5, 5.41) is 6.85.